The van der Waals surface area contributed by atoms with Gasteiger partial charge in [-0.3, -0.25) is 9.48 Å². The van der Waals surface area contributed by atoms with Crippen LogP contribution < -0.4 is 5.32 Å². The van der Waals surface area contributed by atoms with Crippen molar-refractivity contribution in [2.75, 3.05) is 5.75 Å². The Bertz CT molecular complexity index is 825. The molecule has 2 heterocycles. The van der Waals surface area contributed by atoms with E-state index in [2.05, 4.69) is 17.3 Å². The molecule has 24 heavy (non-hydrogen) atoms. The summed E-state index contributed by atoms with van der Waals surface area (Å²) in [6, 6.07) is 13.3. The maximum absolute atomic E-state index is 12.5. The number of nitrogens with zero attached hydrogens (tertiary/aromatic N) is 2. The first kappa shape index (κ1) is 16.4. The number of amides is 1. The molecule has 6 heteroatoms. The van der Waals surface area contributed by atoms with Crippen molar-refractivity contribution in [1.29, 1.82) is 0 Å². The Morgan fingerprint density at radius 1 is 1.29 bits per heavy atom. The summed E-state index contributed by atoms with van der Waals surface area (Å²) in [4.78, 5) is 13.5. The van der Waals surface area contributed by atoms with E-state index < -0.39 is 0 Å². The Kier molecular flexibility index (Phi) is 5.05. The zero-order valence-electron chi connectivity index (χ0n) is 13.7. The summed E-state index contributed by atoms with van der Waals surface area (Å²) >= 11 is 1.66. The Morgan fingerprint density at radius 3 is 2.88 bits per heavy atom. The molecule has 3 aromatic rings. The smallest absolute Gasteiger partial charge is 0.252 e. The number of hydrogen-bond acceptors (Lipinski definition) is 4. The third kappa shape index (κ3) is 3.54. The molecule has 0 aliphatic heterocycles. The van der Waals surface area contributed by atoms with Gasteiger partial charge in [-0.15, -0.1) is 11.8 Å². The van der Waals surface area contributed by atoms with Crippen LogP contribution in [0.15, 0.2) is 58.0 Å². The van der Waals surface area contributed by atoms with Crippen LogP contribution in [0, 0.1) is 0 Å². The van der Waals surface area contributed by atoms with Gasteiger partial charge < -0.3 is 9.73 Å². The van der Waals surface area contributed by atoms with E-state index in [1.54, 1.807) is 22.7 Å². The first-order chi connectivity index (χ1) is 11.7. The molecule has 0 saturated heterocycles. The molecule has 0 saturated carbocycles. The highest BCUT2D eigenvalue weighted by Gasteiger charge is 2.13. The minimum absolute atomic E-state index is 0.0863. The lowest BCUT2D eigenvalue weighted by atomic mass is 10.2. The summed E-state index contributed by atoms with van der Waals surface area (Å²) in [5, 5.41) is 7.37. The third-order valence-corrected chi connectivity index (χ3v) is 4.52. The highest BCUT2D eigenvalue weighted by molar-refractivity contribution is 7.99. The molecule has 124 valence electrons. The summed E-state index contributed by atoms with van der Waals surface area (Å²) in [7, 11) is 1.86. The number of carbonyl (C=O) groups is 1. The first-order valence-electron chi connectivity index (χ1n) is 7.76. The molecule has 0 fully saturated rings. The molecule has 0 aliphatic rings. The van der Waals surface area contributed by atoms with Crippen molar-refractivity contribution in [3.8, 4) is 11.5 Å². The second-order valence-electron chi connectivity index (χ2n) is 5.23. The van der Waals surface area contributed by atoms with Crippen LogP contribution in [0.25, 0.3) is 11.5 Å². The normalized spacial score (nSPS) is 10.8. The van der Waals surface area contributed by atoms with E-state index in [-0.39, 0.29) is 5.91 Å². The van der Waals surface area contributed by atoms with Gasteiger partial charge in [0.15, 0.2) is 5.76 Å². The van der Waals surface area contributed by atoms with Gasteiger partial charge in [-0.2, -0.15) is 5.10 Å². The summed E-state index contributed by atoms with van der Waals surface area (Å²) < 4.78 is 7.15. The van der Waals surface area contributed by atoms with Crippen LogP contribution >= 0.6 is 11.8 Å². The van der Waals surface area contributed by atoms with Gasteiger partial charge in [0.1, 0.15) is 5.69 Å². The maximum atomic E-state index is 12.5. The third-order valence-electron chi connectivity index (χ3n) is 3.57. The van der Waals surface area contributed by atoms with Gasteiger partial charge in [-0.25, -0.2) is 0 Å². The minimum atomic E-state index is -0.0863. The van der Waals surface area contributed by atoms with Crippen molar-refractivity contribution >= 4 is 17.7 Å². The van der Waals surface area contributed by atoms with Crippen molar-refractivity contribution in [3.63, 3.8) is 0 Å². The summed E-state index contributed by atoms with van der Waals surface area (Å²) in [6.07, 6.45) is 1.63. The van der Waals surface area contributed by atoms with Crippen LogP contribution in [0.2, 0.25) is 0 Å². The summed E-state index contributed by atoms with van der Waals surface area (Å²) in [5.74, 6) is 1.60. The van der Waals surface area contributed by atoms with Gasteiger partial charge in [0, 0.05) is 11.9 Å². The lowest BCUT2D eigenvalue weighted by Gasteiger charge is -2.08. The van der Waals surface area contributed by atoms with Crippen molar-refractivity contribution in [3.05, 3.63) is 60.0 Å². The highest BCUT2D eigenvalue weighted by Crippen LogP contribution is 2.23. The minimum Gasteiger partial charge on any atom is -0.463 e. The average Bonchev–Trinajstić information content (AvgIpc) is 3.23. The molecular weight excluding hydrogens is 322 g/mol. The molecule has 1 aromatic carbocycles. The molecule has 5 nitrogen and oxygen atoms in total. The van der Waals surface area contributed by atoms with E-state index in [4.69, 9.17) is 4.42 Å². The van der Waals surface area contributed by atoms with E-state index in [0.29, 0.717) is 12.1 Å². The fraction of sp³-hybridized carbons (Fsp3) is 0.222. The van der Waals surface area contributed by atoms with Crippen molar-refractivity contribution in [2.45, 2.75) is 18.4 Å². The zero-order valence-corrected chi connectivity index (χ0v) is 14.5. The molecule has 2 aromatic heterocycles. The standard InChI is InChI=1S/C18H19N3O2S/c1-3-24-17-9-5-4-7-14(17)18(22)19-12-13-11-15(21(2)20-13)16-8-6-10-23-16/h4-11H,3,12H2,1-2H3,(H,19,22). The van der Waals surface area contributed by atoms with E-state index >= 15 is 0 Å². The van der Waals surface area contributed by atoms with Crippen LogP contribution in [-0.2, 0) is 13.6 Å². The Labute approximate surface area is 145 Å². The van der Waals surface area contributed by atoms with E-state index in [9.17, 15) is 4.79 Å². The molecule has 1 amide bonds. The lowest BCUT2D eigenvalue weighted by Crippen LogP contribution is -2.23. The van der Waals surface area contributed by atoms with E-state index in [1.165, 1.54) is 0 Å². The Hall–Kier alpha value is -2.47. The summed E-state index contributed by atoms with van der Waals surface area (Å²) in [6.45, 7) is 2.45. The van der Waals surface area contributed by atoms with Gasteiger partial charge in [0.05, 0.1) is 24.1 Å². The van der Waals surface area contributed by atoms with Crippen LogP contribution in [0.5, 0.6) is 0 Å². The topological polar surface area (TPSA) is 60.1 Å². The SMILES string of the molecule is CCSc1ccccc1C(=O)NCc1cc(-c2ccco2)n(C)n1. The van der Waals surface area contributed by atoms with Gasteiger partial charge in [-0.05, 0) is 36.1 Å². The molecular formula is C18H19N3O2S. The van der Waals surface area contributed by atoms with Gasteiger partial charge >= 0.3 is 0 Å². The lowest BCUT2D eigenvalue weighted by molar-refractivity contribution is 0.0947. The molecule has 0 aliphatic carbocycles. The molecule has 0 unspecified atom stereocenters. The average molecular weight is 341 g/mol. The maximum Gasteiger partial charge on any atom is 0.252 e. The largest absolute Gasteiger partial charge is 0.463 e. The number of furan rings is 1. The number of carbonyl (C=O) groups excluding carboxylic acids is 1. The number of thioether (sulfide) groups is 1. The Morgan fingerprint density at radius 2 is 2.12 bits per heavy atom. The monoisotopic (exact) mass is 341 g/mol. The second-order valence-corrected chi connectivity index (χ2v) is 6.54. The number of hydrogen-bond donors (Lipinski definition) is 1. The van der Waals surface area contributed by atoms with Gasteiger partial charge in [0.25, 0.3) is 5.91 Å². The predicted molar refractivity (Wildman–Crippen MR) is 94.9 cm³/mol. The quantitative estimate of drug-likeness (QED) is 0.694. The van der Waals surface area contributed by atoms with Crippen LogP contribution in [0.4, 0.5) is 0 Å². The predicted octanol–water partition coefficient (Wildman–Crippen LogP) is 3.72. The van der Waals surface area contributed by atoms with Crippen LogP contribution in [0.3, 0.4) is 0 Å². The number of aromatic nitrogens is 2. The number of benzene rings is 1. The molecule has 3 rings (SSSR count). The van der Waals surface area contributed by atoms with Crippen molar-refractivity contribution in [1.82, 2.24) is 15.1 Å². The fourth-order valence-electron chi connectivity index (χ4n) is 2.47. The Balaban J connectivity index is 1.70. The van der Waals surface area contributed by atoms with Gasteiger partial charge in [0.2, 0.25) is 0 Å². The van der Waals surface area contributed by atoms with E-state index in [0.717, 1.165) is 27.8 Å². The zero-order chi connectivity index (χ0) is 16.9. The molecule has 0 bridgehead atoms. The van der Waals surface area contributed by atoms with Crippen LogP contribution in [0.1, 0.15) is 23.0 Å². The number of rotatable bonds is 6. The first-order valence-corrected chi connectivity index (χ1v) is 8.74. The van der Waals surface area contributed by atoms with Crippen molar-refractivity contribution in [2.24, 2.45) is 7.05 Å². The fourth-order valence-corrected chi connectivity index (χ4v) is 3.27. The van der Waals surface area contributed by atoms with Crippen LogP contribution in [-0.4, -0.2) is 21.4 Å². The highest BCUT2D eigenvalue weighted by atomic mass is 32.2. The van der Waals surface area contributed by atoms with Crippen molar-refractivity contribution < 1.29 is 9.21 Å². The molecule has 0 atom stereocenters. The number of nitrogens with one attached hydrogen (secondary N) is 1. The molecule has 0 radical (unpaired) electrons. The van der Waals surface area contributed by atoms with Gasteiger partial charge in [-0.1, -0.05) is 19.1 Å². The molecule has 1 N–H and O–H groups in total. The molecule has 0 spiro atoms. The summed E-state index contributed by atoms with van der Waals surface area (Å²) in [5.41, 5.74) is 2.37. The van der Waals surface area contributed by atoms with E-state index in [1.807, 2.05) is 49.5 Å². The number of aryl methyl sites for hydroxylation is 1. The second kappa shape index (κ2) is 7.40.